The summed E-state index contributed by atoms with van der Waals surface area (Å²) in [5.74, 6) is 0.0713. The van der Waals surface area contributed by atoms with Crippen molar-refractivity contribution in [2.24, 2.45) is 5.92 Å². The van der Waals surface area contributed by atoms with Gasteiger partial charge in [-0.1, -0.05) is 0 Å². The lowest BCUT2D eigenvalue weighted by Crippen LogP contribution is -2.48. The maximum absolute atomic E-state index is 10.1. The van der Waals surface area contributed by atoms with Gasteiger partial charge in [-0.05, 0) is 0 Å². The first-order chi connectivity index (χ1) is 10.6. The Morgan fingerprint density at radius 3 is 2.36 bits per heavy atom. The Kier molecular flexibility index (Phi) is 3.70. The minimum Gasteiger partial charge on any atom is -0.393 e. The summed E-state index contributed by atoms with van der Waals surface area (Å²) in [7, 11) is 1.83. The summed E-state index contributed by atoms with van der Waals surface area (Å²) in [6.45, 7) is 2.48. The van der Waals surface area contributed by atoms with Gasteiger partial charge in [-0.25, -0.2) is 0 Å². The maximum atomic E-state index is 10.1. The summed E-state index contributed by atoms with van der Waals surface area (Å²) < 4.78 is 22.5. The molecule has 126 valence electrons. The van der Waals surface area contributed by atoms with Gasteiger partial charge in [0, 0.05) is 19.5 Å². The molecule has 22 heavy (non-hydrogen) atoms. The van der Waals surface area contributed by atoms with Crippen molar-refractivity contribution < 1.29 is 34.0 Å². The van der Waals surface area contributed by atoms with Crippen molar-refractivity contribution in [3.8, 4) is 0 Å². The summed E-state index contributed by atoms with van der Waals surface area (Å²) in [6, 6.07) is 0. The number of fused-ring (bicyclic) bond motifs is 4. The molecule has 4 bridgehead atoms. The van der Waals surface area contributed by atoms with Gasteiger partial charge in [-0.15, -0.1) is 0 Å². The van der Waals surface area contributed by atoms with E-state index >= 15 is 0 Å². The molecule has 0 aromatic rings. The second kappa shape index (κ2) is 5.35. The normalized spacial score (nSPS) is 49.6. The highest BCUT2D eigenvalue weighted by atomic mass is 16.7. The van der Waals surface area contributed by atoms with Gasteiger partial charge in [-0.3, -0.25) is 4.84 Å². The Labute approximate surface area is 128 Å². The van der Waals surface area contributed by atoms with Gasteiger partial charge in [-0.2, -0.15) is 5.06 Å². The first-order valence-electron chi connectivity index (χ1n) is 7.73. The number of nitrogens with zero attached hydrogens (tertiary/aromatic N) is 1. The lowest BCUT2D eigenvalue weighted by Gasteiger charge is -2.32. The average molecular weight is 317 g/mol. The lowest BCUT2D eigenvalue weighted by molar-refractivity contribution is -0.218. The third-order valence-electron chi connectivity index (χ3n) is 5.42. The van der Waals surface area contributed by atoms with Crippen LogP contribution in [0.15, 0.2) is 0 Å². The van der Waals surface area contributed by atoms with E-state index < -0.39 is 17.3 Å². The summed E-state index contributed by atoms with van der Waals surface area (Å²) >= 11 is 0. The van der Waals surface area contributed by atoms with Crippen LogP contribution in [0.3, 0.4) is 0 Å². The van der Waals surface area contributed by atoms with Gasteiger partial charge < -0.3 is 29.2 Å². The molecule has 0 aromatic carbocycles. The molecule has 0 unspecified atom stereocenters. The molecule has 8 heteroatoms. The van der Waals surface area contributed by atoms with Crippen LogP contribution in [0, 0.1) is 5.92 Å². The molecule has 8 nitrogen and oxygen atoms in total. The standard InChI is InChI=1S/C14H23NO7/c1-15(2-9-10-3-20-13(9,5-16)6-18-10)22-8-14-7-19-11(4-21-14)12(14)17/h9-12,16-17H,2-8H2,1H3/t9-,10-,11-,12-,13-,14+/m0/s1. The largest absolute Gasteiger partial charge is 0.393 e. The predicted octanol–water partition coefficient (Wildman–Crippen LogP) is -1.85. The quantitative estimate of drug-likeness (QED) is 0.552. The van der Waals surface area contributed by atoms with E-state index in [1.165, 1.54) is 0 Å². The topological polar surface area (TPSA) is 89.9 Å². The van der Waals surface area contributed by atoms with E-state index in [0.29, 0.717) is 33.0 Å². The second-order valence-electron chi connectivity index (χ2n) is 6.74. The fraction of sp³-hybridized carbons (Fsp3) is 1.00. The van der Waals surface area contributed by atoms with Crippen LogP contribution in [0.4, 0.5) is 0 Å². The van der Waals surface area contributed by atoms with Crippen LogP contribution in [-0.2, 0) is 23.8 Å². The van der Waals surface area contributed by atoms with Gasteiger partial charge >= 0.3 is 0 Å². The fourth-order valence-corrected chi connectivity index (χ4v) is 3.86. The van der Waals surface area contributed by atoms with E-state index in [9.17, 15) is 10.2 Å². The van der Waals surface area contributed by atoms with E-state index in [1.807, 2.05) is 7.05 Å². The monoisotopic (exact) mass is 317 g/mol. The second-order valence-corrected chi connectivity index (χ2v) is 6.74. The molecule has 0 aliphatic carbocycles. The highest BCUT2D eigenvalue weighted by molar-refractivity contribution is 5.05. The number of aliphatic hydroxyl groups excluding tert-OH is 2. The molecule has 2 N–H and O–H groups in total. The van der Waals surface area contributed by atoms with Crippen molar-refractivity contribution in [3.05, 3.63) is 0 Å². The van der Waals surface area contributed by atoms with E-state index in [4.69, 9.17) is 23.8 Å². The van der Waals surface area contributed by atoms with Crippen LogP contribution in [-0.4, -0.2) is 98.0 Å². The van der Waals surface area contributed by atoms with E-state index in [0.717, 1.165) is 0 Å². The molecular formula is C14H23NO7. The Hall–Kier alpha value is -0.320. The van der Waals surface area contributed by atoms with Crippen molar-refractivity contribution in [1.29, 1.82) is 0 Å². The molecule has 4 aliphatic rings. The molecule has 0 aromatic heterocycles. The molecule has 0 spiro atoms. The minimum absolute atomic E-state index is 0.00359. The molecular weight excluding hydrogens is 294 g/mol. The van der Waals surface area contributed by atoms with Gasteiger partial charge in [0.15, 0.2) is 0 Å². The predicted molar refractivity (Wildman–Crippen MR) is 72.0 cm³/mol. The smallest absolute Gasteiger partial charge is 0.145 e. The van der Waals surface area contributed by atoms with Crippen LogP contribution in [0.25, 0.3) is 0 Å². The van der Waals surface area contributed by atoms with Gasteiger partial charge in [0.25, 0.3) is 0 Å². The van der Waals surface area contributed by atoms with E-state index in [2.05, 4.69) is 0 Å². The Morgan fingerprint density at radius 1 is 1.14 bits per heavy atom. The van der Waals surface area contributed by atoms with Crippen molar-refractivity contribution in [1.82, 2.24) is 5.06 Å². The zero-order valence-electron chi connectivity index (χ0n) is 12.6. The molecule has 6 atom stereocenters. The number of hydrogen-bond acceptors (Lipinski definition) is 8. The molecule has 4 rings (SSSR count). The SMILES string of the molecule is CN(C[C@H]1[C@@H]2CO[C@@]1(CO)CO2)OC[C@@]12CO[C@@H](CO1)[C@@H]2O. The van der Waals surface area contributed by atoms with Crippen LogP contribution < -0.4 is 0 Å². The summed E-state index contributed by atoms with van der Waals surface area (Å²) in [4.78, 5) is 5.77. The summed E-state index contributed by atoms with van der Waals surface area (Å²) in [6.07, 6.45) is -0.873. The van der Waals surface area contributed by atoms with Crippen LogP contribution in [0.1, 0.15) is 0 Å². The molecule has 4 saturated heterocycles. The fourth-order valence-electron chi connectivity index (χ4n) is 3.86. The first-order valence-corrected chi connectivity index (χ1v) is 7.73. The van der Waals surface area contributed by atoms with Crippen LogP contribution >= 0.6 is 0 Å². The molecule has 4 heterocycles. The minimum atomic E-state index is -0.755. The maximum Gasteiger partial charge on any atom is 0.145 e. The zero-order valence-corrected chi connectivity index (χ0v) is 12.6. The molecule has 4 aliphatic heterocycles. The highest BCUT2D eigenvalue weighted by Gasteiger charge is 2.58. The molecule has 0 radical (unpaired) electrons. The number of hydroxylamine groups is 2. The zero-order chi connectivity index (χ0) is 15.4. The summed E-state index contributed by atoms with van der Waals surface area (Å²) in [5, 5.41) is 21.5. The van der Waals surface area contributed by atoms with E-state index in [1.54, 1.807) is 5.06 Å². The van der Waals surface area contributed by atoms with E-state index in [-0.39, 0.29) is 31.3 Å². The highest BCUT2D eigenvalue weighted by Crippen LogP contribution is 2.41. The van der Waals surface area contributed by atoms with Gasteiger partial charge in [0.1, 0.15) is 30.0 Å². The number of ether oxygens (including phenoxy) is 4. The third-order valence-corrected chi connectivity index (χ3v) is 5.42. The van der Waals surface area contributed by atoms with Crippen molar-refractivity contribution >= 4 is 0 Å². The Bertz CT molecular complexity index is 417. The lowest BCUT2D eigenvalue weighted by atomic mass is 9.90. The number of aliphatic hydroxyl groups is 2. The van der Waals surface area contributed by atoms with Gasteiger partial charge in [0.2, 0.25) is 0 Å². The van der Waals surface area contributed by atoms with Crippen LogP contribution in [0.5, 0.6) is 0 Å². The number of rotatable bonds is 6. The van der Waals surface area contributed by atoms with Crippen molar-refractivity contribution in [2.75, 3.05) is 53.2 Å². The van der Waals surface area contributed by atoms with Crippen molar-refractivity contribution in [2.45, 2.75) is 29.5 Å². The van der Waals surface area contributed by atoms with Crippen molar-refractivity contribution in [3.63, 3.8) is 0 Å². The van der Waals surface area contributed by atoms with Gasteiger partial charge in [0.05, 0.1) is 39.1 Å². The summed E-state index contributed by atoms with van der Waals surface area (Å²) in [5.41, 5.74) is -1.36. The Morgan fingerprint density at radius 2 is 1.82 bits per heavy atom. The number of hydrogen-bond donors (Lipinski definition) is 2. The van der Waals surface area contributed by atoms with Crippen LogP contribution in [0.2, 0.25) is 0 Å². The molecule has 0 amide bonds. The first kappa shape index (κ1) is 15.2. The molecule has 4 fully saturated rings. The third kappa shape index (κ3) is 2.14. The average Bonchev–Trinajstić information content (AvgIpc) is 3.25. The Balaban J connectivity index is 1.33. The molecule has 0 saturated carbocycles.